The van der Waals surface area contributed by atoms with Gasteiger partial charge in [-0.1, -0.05) is 6.92 Å². The van der Waals surface area contributed by atoms with Crippen molar-refractivity contribution in [3.05, 3.63) is 17.4 Å². The molecule has 2 aliphatic rings. The van der Waals surface area contributed by atoms with E-state index in [0.717, 1.165) is 18.5 Å². The van der Waals surface area contributed by atoms with E-state index in [1.54, 1.807) is 6.08 Å². The smallest absolute Gasteiger partial charge is 0.262 e. The van der Waals surface area contributed by atoms with Crippen LogP contribution in [0.3, 0.4) is 0 Å². The van der Waals surface area contributed by atoms with Gasteiger partial charge in [0.05, 0.1) is 5.57 Å². The maximum atomic E-state index is 11.1. The van der Waals surface area contributed by atoms with Crippen molar-refractivity contribution < 1.29 is 4.79 Å². The highest BCUT2D eigenvalue weighted by Gasteiger charge is 2.38. The van der Waals surface area contributed by atoms with Crippen LogP contribution >= 0.6 is 0 Å². The van der Waals surface area contributed by atoms with Gasteiger partial charge in [-0.05, 0) is 6.42 Å². The van der Waals surface area contributed by atoms with E-state index in [-0.39, 0.29) is 5.91 Å². The highest BCUT2D eigenvalue weighted by molar-refractivity contribution is 6.01. The van der Waals surface area contributed by atoms with Gasteiger partial charge in [-0.25, -0.2) is 0 Å². The molecular weight excluding hydrogens is 126 g/mol. The van der Waals surface area contributed by atoms with E-state index in [1.165, 1.54) is 0 Å². The molecule has 0 aromatic heterocycles. The summed E-state index contributed by atoms with van der Waals surface area (Å²) >= 11 is 0. The van der Waals surface area contributed by atoms with E-state index >= 15 is 0 Å². The molecule has 1 atom stereocenters. The van der Waals surface area contributed by atoms with Gasteiger partial charge < -0.3 is 4.90 Å². The van der Waals surface area contributed by atoms with Gasteiger partial charge in [0.25, 0.3) is 5.91 Å². The fourth-order valence-electron chi connectivity index (χ4n) is 1.09. The number of nitrogens with zero attached hydrogens (tertiary/aromatic N) is 1. The molecular formula is C8H9NO. The van der Waals surface area contributed by atoms with Gasteiger partial charge in [-0.3, -0.25) is 4.79 Å². The Morgan fingerprint density at radius 1 is 2.00 bits per heavy atom. The van der Waals surface area contributed by atoms with Crippen LogP contribution in [0.1, 0.15) is 13.3 Å². The lowest BCUT2D eigenvalue weighted by molar-refractivity contribution is -0.121. The highest BCUT2D eigenvalue weighted by Crippen LogP contribution is 2.25. The molecule has 2 heteroatoms. The number of amides is 1. The van der Waals surface area contributed by atoms with Crippen LogP contribution in [-0.2, 0) is 4.79 Å². The Labute approximate surface area is 59.8 Å². The summed E-state index contributed by atoms with van der Waals surface area (Å²) in [5.41, 5.74) is 3.57. The van der Waals surface area contributed by atoms with Gasteiger partial charge in [-0.15, -0.1) is 5.73 Å². The third-order valence-electron chi connectivity index (χ3n) is 1.97. The second-order valence-corrected chi connectivity index (χ2v) is 2.72. The van der Waals surface area contributed by atoms with Crippen molar-refractivity contribution in [1.82, 2.24) is 4.90 Å². The summed E-state index contributed by atoms with van der Waals surface area (Å²) in [6, 6.07) is 0.524. The van der Waals surface area contributed by atoms with E-state index in [2.05, 4.69) is 12.7 Å². The molecule has 2 rings (SSSR count). The Morgan fingerprint density at radius 2 is 2.70 bits per heavy atom. The van der Waals surface area contributed by atoms with Crippen molar-refractivity contribution in [2.45, 2.75) is 19.4 Å². The molecule has 1 fully saturated rings. The Kier molecular flexibility index (Phi) is 0.999. The van der Waals surface area contributed by atoms with Crippen LogP contribution in [0.5, 0.6) is 0 Å². The van der Waals surface area contributed by atoms with E-state index in [1.807, 2.05) is 4.90 Å². The first-order chi connectivity index (χ1) is 4.83. The average Bonchev–Trinajstić information content (AvgIpc) is 2.83. The van der Waals surface area contributed by atoms with Crippen LogP contribution in [0.4, 0.5) is 0 Å². The van der Waals surface area contributed by atoms with Crippen molar-refractivity contribution in [1.29, 1.82) is 0 Å². The third-order valence-corrected chi connectivity index (χ3v) is 1.97. The summed E-state index contributed by atoms with van der Waals surface area (Å²) in [5, 5.41) is 0. The zero-order chi connectivity index (χ0) is 7.14. The summed E-state index contributed by atoms with van der Waals surface area (Å²) in [6.07, 6.45) is 2.83. The highest BCUT2D eigenvalue weighted by atomic mass is 16.2. The maximum absolute atomic E-state index is 11.1. The van der Waals surface area contributed by atoms with Crippen molar-refractivity contribution in [3.8, 4) is 0 Å². The van der Waals surface area contributed by atoms with Gasteiger partial charge in [0.1, 0.15) is 0 Å². The van der Waals surface area contributed by atoms with Crippen LogP contribution in [0.25, 0.3) is 0 Å². The Hall–Kier alpha value is -1.01. The second-order valence-electron chi connectivity index (χ2n) is 2.72. The molecule has 1 heterocycles. The average molecular weight is 135 g/mol. The topological polar surface area (TPSA) is 20.1 Å². The first-order valence-corrected chi connectivity index (χ1v) is 3.60. The van der Waals surface area contributed by atoms with Gasteiger partial charge in [0.2, 0.25) is 0 Å². The molecule has 52 valence electrons. The van der Waals surface area contributed by atoms with Gasteiger partial charge >= 0.3 is 0 Å². The number of carbonyl (C=O) groups is 1. The normalized spacial score (nSPS) is 26.3. The molecule has 1 saturated heterocycles. The zero-order valence-electron chi connectivity index (χ0n) is 5.92. The van der Waals surface area contributed by atoms with E-state index in [4.69, 9.17) is 0 Å². The lowest BCUT2D eigenvalue weighted by atomic mass is 10.3. The number of hydrogen-bond acceptors (Lipinski definition) is 1. The molecule has 0 bridgehead atoms. The van der Waals surface area contributed by atoms with E-state index in [0.29, 0.717) is 6.04 Å². The fourth-order valence-corrected chi connectivity index (χ4v) is 1.09. The van der Waals surface area contributed by atoms with Crippen LogP contribution in [0.2, 0.25) is 0 Å². The molecule has 0 radical (unpaired) electrons. The van der Waals surface area contributed by atoms with Gasteiger partial charge in [-0.2, -0.15) is 0 Å². The largest absolute Gasteiger partial charge is 0.331 e. The molecule has 1 amide bonds. The lowest BCUT2D eigenvalue weighted by Gasteiger charge is -1.96. The van der Waals surface area contributed by atoms with Crippen LogP contribution in [-0.4, -0.2) is 23.4 Å². The third kappa shape index (κ3) is 0.775. The molecule has 0 spiro atoms. The fraction of sp³-hybridized carbons (Fsp3) is 0.500. The quantitative estimate of drug-likeness (QED) is 0.403. The van der Waals surface area contributed by atoms with Gasteiger partial charge in [0, 0.05) is 18.7 Å². The number of hydrogen-bond donors (Lipinski definition) is 0. The molecule has 0 N–H and O–H groups in total. The predicted octanol–water partition coefficient (Wildman–Crippen LogP) is 0.702. The summed E-state index contributed by atoms with van der Waals surface area (Å²) < 4.78 is 0. The SMILES string of the molecule is CCC1CN1C(=O)C1=C=C1. The zero-order valence-corrected chi connectivity index (χ0v) is 5.92. The standard InChI is InChI=1S/C8H9NO/c1-2-7-5-9(7)8(10)6-3-4-6/h3,7H,2,5H2,1H3. The predicted molar refractivity (Wildman–Crippen MR) is 37.4 cm³/mol. The maximum Gasteiger partial charge on any atom is 0.262 e. The van der Waals surface area contributed by atoms with Gasteiger partial charge in [0.15, 0.2) is 0 Å². The molecule has 0 saturated carbocycles. The summed E-state index contributed by atoms with van der Waals surface area (Å²) in [7, 11) is 0. The minimum atomic E-state index is 0.173. The minimum absolute atomic E-state index is 0.173. The molecule has 1 aliphatic heterocycles. The minimum Gasteiger partial charge on any atom is -0.331 e. The van der Waals surface area contributed by atoms with E-state index < -0.39 is 0 Å². The monoisotopic (exact) mass is 135 g/mol. The Balaban J connectivity index is 1.91. The molecule has 2 nitrogen and oxygen atoms in total. The van der Waals surface area contributed by atoms with Crippen LogP contribution < -0.4 is 0 Å². The van der Waals surface area contributed by atoms with Crippen LogP contribution in [0.15, 0.2) is 17.4 Å². The molecule has 1 unspecified atom stereocenters. The summed E-state index contributed by atoms with van der Waals surface area (Å²) in [5.74, 6) is 0.173. The Morgan fingerprint density at radius 3 is 3.10 bits per heavy atom. The van der Waals surface area contributed by atoms with Crippen molar-refractivity contribution in [3.63, 3.8) is 0 Å². The first kappa shape index (κ1) is 5.75. The lowest BCUT2D eigenvalue weighted by Crippen LogP contribution is -2.11. The van der Waals surface area contributed by atoms with Crippen molar-refractivity contribution in [2.24, 2.45) is 0 Å². The summed E-state index contributed by atoms with van der Waals surface area (Å²) in [6.45, 7) is 3.06. The summed E-state index contributed by atoms with van der Waals surface area (Å²) in [4.78, 5) is 13.0. The van der Waals surface area contributed by atoms with E-state index in [9.17, 15) is 4.79 Å². The molecule has 0 aromatic carbocycles. The first-order valence-electron chi connectivity index (χ1n) is 3.60. The molecule has 1 aliphatic carbocycles. The number of carbonyl (C=O) groups excluding carboxylic acids is 1. The second kappa shape index (κ2) is 1.74. The molecule has 10 heavy (non-hydrogen) atoms. The van der Waals surface area contributed by atoms with Crippen molar-refractivity contribution >= 4 is 5.91 Å². The van der Waals surface area contributed by atoms with Crippen molar-refractivity contribution in [2.75, 3.05) is 6.54 Å². The number of rotatable bonds is 2. The van der Waals surface area contributed by atoms with Crippen LogP contribution in [0, 0.1) is 0 Å². The Bertz CT molecular complexity index is 248. The molecule has 0 aromatic rings.